The number of nitrogens with one attached hydrogen (secondary N) is 2. The Morgan fingerprint density at radius 3 is 2.29 bits per heavy atom. The molecule has 1 saturated heterocycles. The highest BCUT2D eigenvalue weighted by Crippen LogP contribution is 2.25. The number of carbonyl (C=O) groups excluding carboxylic acids is 2. The summed E-state index contributed by atoms with van der Waals surface area (Å²) >= 11 is 0. The van der Waals surface area contributed by atoms with Crippen LogP contribution in [0.15, 0.2) is 78.9 Å². The van der Waals surface area contributed by atoms with Crippen molar-refractivity contribution in [2.24, 2.45) is 0 Å². The molecule has 3 aromatic carbocycles. The third-order valence-electron chi connectivity index (χ3n) is 6.83. The third-order valence-corrected chi connectivity index (χ3v) is 8.63. The molecule has 2 atom stereocenters. The Kier molecular flexibility index (Phi) is 9.41. The van der Waals surface area contributed by atoms with Gasteiger partial charge in [-0.3, -0.25) is 14.5 Å². The van der Waals surface area contributed by atoms with Gasteiger partial charge in [0.2, 0.25) is 10.0 Å². The van der Waals surface area contributed by atoms with Gasteiger partial charge in [0, 0.05) is 18.8 Å². The van der Waals surface area contributed by atoms with Gasteiger partial charge in [-0.2, -0.15) is 4.31 Å². The van der Waals surface area contributed by atoms with E-state index in [1.807, 2.05) is 32.0 Å². The summed E-state index contributed by atoms with van der Waals surface area (Å²) in [6, 6.07) is 21.2. The Morgan fingerprint density at radius 1 is 0.927 bits per heavy atom. The van der Waals surface area contributed by atoms with E-state index in [4.69, 9.17) is 0 Å². The van der Waals surface area contributed by atoms with Gasteiger partial charge in [-0.1, -0.05) is 77.9 Å². The van der Waals surface area contributed by atoms with Crippen LogP contribution in [0.2, 0.25) is 0 Å². The minimum Gasteiger partial charge on any atom is -0.481 e. The molecule has 3 amide bonds. The van der Waals surface area contributed by atoms with Crippen LogP contribution in [0, 0.1) is 13.8 Å². The van der Waals surface area contributed by atoms with Gasteiger partial charge >= 0.3 is 12.0 Å². The van der Waals surface area contributed by atoms with E-state index < -0.39 is 46.6 Å². The fraction of sp³-hybridized carbons (Fsp3) is 0.300. The van der Waals surface area contributed by atoms with E-state index in [0.717, 1.165) is 15.4 Å². The molecular weight excluding hydrogens is 544 g/mol. The highest BCUT2D eigenvalue weighted by Gasteiger charge is 2.44. The molecule has 0 aliphatic carbocycles. The maximum Gasteiger partial charge on any atom is 0.323 e. The van der Waals surface area contributed by atoms with Crippen LogP contribution in [-0.2, 0) is 25.4 Å². The van der Waals surface area contributed by atoms with Crippen LogP contribution < -0.4 is 10.6 Å². The van der Waals surface area contributed by atoms with Crippen LogP contribution in [0.4, 0.5) is 10.5 Å². The van der Waals surface area contributed by atoms with Gasteiger partial charge in [0.25, 0.3) is 5.91 Å². The molecular formula is C30H34N4O6S. The largest absolute Gasteiger partial charge is 0.481 e. The molecule has 1 heterocycles. The lowest BCUT2D eigenvalue weighted by molar-refractivity contribution is -0.138. The molecule has 216 valence electrons. The summed E-state index contributed by atoms with van der Waals surface area (Å²) in [5, 5.41) is 15.1. The Bertz CT molecular complexity index is 1490. The first-order valence-electron chi connectivity index (χ1n) is 13.3. The maximum absolute atomic E-state index is 13.9. The lowest BCUT2D eigenvalue weighted by Gasteiger charge is -2.42. The van der Waals surface area contributed by atoms with Gasteiger partial charge in [-0.05, 0) is 43.5 Å². The zero-order valence-electron chi connectivity index (χ0n) is 23.0. The molecule has 0 spiro atoms. The van der Waals surface area contributed by atoms with Gasteiger partial charge in [-0.25, -0.2) is 13.2 Å². The number of aryl methyl sites for hydroxylation is 2. The highest BCUT2D eigenvalue weighted by molar-refractivity contribution is 7.88. The topological polar surface area (TPSA) is 136 Å². The Balaban J connectivity index is 1.68. The number of hydrogen-bond acceptors (Lipinski definition) is 5. The summed E-state index contributed by atoms with van der Waals surface area (Å²) in [6.07, 6.45) is -1.63. The van der Waals surface area contributed by atoms with E-state index >= 15 is 0 Å². The van der Waals surface area contributed by atoms with Crippen molar-refractivity contribution in [2.75, 3.05) is 18.4 Å². The number of carboxylic acids is 1. The molecule has 2 unspecified atom stereocenters. The Labute approximate surface area is 240 Å². The molecule has 0 aromatic heterocycles. The number of nitrogens with zero attached hydrogens (tertiary/aromatic N) is 2. The molecule has 1 aliphatic heterocycles. The van der Waals surface area contributed by atoms with Crippen molar-refractivity contribution in [3.05, 3.63) is 101 Å². The first kappa shape index (κ1) is 29.8. The molecule has 11 heteroatoms. The SMILES string of the molecule is Cc1ccc(NC(=O)N2CCCN(S(=O)(=O)Cc3ccccc3)C2C(=O)NC(CC(=O)O)c2cccc(C)c2)cc1. The zero-order chi connectivity index (χ0) is 29.6. The van der Waals surface area contributed by atoms with Gasteiger partial charge in [0.15, 0.2) is 6.17 Å². The maximum atomic E-state index is 13.9. The second kappa shape index (κ2) is 13.0. The quantitative estimate of drug-likeness (QED) is 0.351. The van der Waals surface area contributed by atoms with Crippen molar-refractivity contribution >= 4 is 33.6 Å². The number of hydrogen-bond donors (Lipinski definition) is 3. The fourth-order valence-corrected chi connectivity index (χ4v) is 6.53. The standard InChI is InChI=1S/C30H34N4O6S/c1-21-12-14-25(15-13-21)31-30(38)33-16-7-17-34(41(39,40)20-23-9-4-3-5-10-23)29(33)28(37)32-26(19-27(35)36)24-11-6-8-22(2)18-24/h3-6,8-15,18,26,29H,7,16-17,19-20H2,1-2H3,(H,31,38)(H,32,37)(H,35,36). The molecule has 0 saturated carbocycles. The summed E-state index contributed by atoms with van der Waals surface area (Å²) in [4.78, 5) is 40.3. The molecule has 0 radical (unpaired) electrons. The molecule has 3 N–H and O–H groups in total. The number of urea groups is 1. The van der Waals surface area contributed by atoms with Crippen molar-refractivity contribution in [3.8, 4) is 0 Å². The molecule has 41 heavy (non-hydrogen) atoms. The van der Waals surface area contributed by atoms with E-state index in [1.165, 1.54) is 4.90 Å². The normalized spacial score (nSPS) is 16.5. The van der Waals surface area contributed by atoms with E-state index in [0.29, 0.717) is 23.2 Å². The van der Waals surface area contributed by atoms with Crippen LogP contribution in [0.5, 0.6) is 0 Å². The van der Waals surface area contributed by atoms with Gasteiger partial charge in [-0.15, -0.1) is 0 Å². The zero-order valence-corrected chi connectivity index (χ0v) is 23.8. The number of aliphatic carboxylic acids is 1. The lowest BCUT2D eigenvalue weighted by Crippen LogP contribution is -2.64. The average Bonchev–Trinajstić information content (AvgIpc) is 2.93. The van der Waals surface area contributed by atoms with Gasteiger partial charge in [0.05, 0.1) is 18.2 Å². The van der Waals surface area contributed by atoms with Crippen molar-refractivity contribution in [2.45, 2.75) is 44.6 Å². The second-order valence-electron chi connectivity index (χ2n) is 10.1. The monoisotopic (exact) mass is 578 g/mol. The van der Waals surface area contributed by atoms with E-state index in [2.05, 4.69) is 10.6 Å². The van der Waals surface area contributed by atoms with E-state index in [-0.39, 0.29) is 18.8 Å². The van der Waals surface area contributed by atoms with Crippen molar-refractivity contribution < 1.29 is 27.9 Å². The first-order valence-corrected chi connectivity index (χ1v) is 14.9. The predicted molar refractivity (Wildman–Crippen MR) is 155 cm³/mol. The Hall–Kier alpha value is -4.22. The average molecular weight is 579 g/mol. The minimum absolute atomic E-state index is 0.0234. The molecule has 4 rings (SSSR count). The summed E-state index contributed by atoms with van der Waals surface area (Å²) in [6.45, 7) is 3.91. The third kappa shape index (κ3) is 7.71. The van der Waals surface area contributed by atoms with Crippen LogP contribution in [0.25, 0.3) is 0 Å². The summed E-state index contributed by atoms with van der Waals surface area (Å²) in [5.74, 6) is -2.28. The number of amides is 3. The summed E-state index contributed by atoms with van der Waals surface area (Å²) in [7, 11) is -4.07. The summed E-state index contributed by atoms with van der Waals surface area (Å²) < 4.78 is 28.5. The molecule has 0 bridgehead atoms. The smallest absolute Gasteiger partial charge is 0.323 e. The fourth-order valence-electron chi connectivity index (χ4n) is 4.83. The van der Waals surface area contributed by atoms with Crippen LogP contribution in [-0.4, -0.2) is 59.9 Å². The molecule has 1 fully saturated rings. The Morgan fingerprint density at radius 2 is 1.63 bits per heavy atom. The second-order valence-corrected chi connectivity index (χ2v) is 12.1. The molecule has 3 aromatic rings. The van der Waals surface area contributed by atoms with Crippen molar-refractivity contribution in [3.63, 3.8) is 0 Å². The number of benzene rings is 3. The van der Waals surface area contributed by atoms with Crippen LogP contribution in [0.1, 0.15) is 41.1 Å². The van der Waals surface area contributed by atoms with E-state index in [9.17, 15) is 27.9 Å². The van der Waals surface area contributed by atoms with Crippen LogP contribution >= 0.6 is 0 Å². The predicted octanol–water partition coefficient (Wildman–Crippen LogP) is 4.03. The van der Waals surface area contributed by atoms with Crippen molar-refractivity contribution in [1.29, 1.82) is 0 Å². The number of anilines is 1. The highest BCUT2D eigenvalue weighted by atomic mass is 32.2. The van der Waals surface area contributed by atoms with Gasteiger partial charge < -0.3 is 15.7 Å². The number of sulfonamides is 1. The van der Waals surface area contributed by atoms with Crippen molar-refractivity contribution in [1.82, 2.24) is 14.5 Å². The first-order chi connectivity index (χ1) is 19.5. The summed E-state index contributed by atoms with van der Waals surface area (Å²) in [5.41, 5.74) is 3.46. The van der Waals surface area contributed by atoms with Gasteiger partial charge in [0.1, 0.15) is 0 Å². The molecule has 1 aliphatic rings. The van der Waals surface area contributed by atoms with Crippen LogP contribution in [0.3, 0.4) is 0 Å². The number of rotatable bonds is 9. The minimum atomic E-state index is -4.07. The van der Waals surface area contributed by atoms with E-state index in [1.54, 1.807) is 60.7 Å². The lowest BCUT2D eigenvalue weighted by atomic mass is 10.0. The number of carboxylic acid groups (broad SMARTS) is 1. The molecule has 10 nitrogen and oxygen atoms in total. The number of carbonyl (C=O) groups is 3.